The summed E-state index contributed by atoms with van der Waals surface area (Å²) in [7, 11) is 0. The van der Waals surface area contributed by atoms with Crippen LogP contribution < -0.4 is 5.32 Å². The number of aliphatic carboxylic acids is 1. The van der Waals surface area contributed by atoms with Crippen LogP contribution in [0.1, 0.15) is 47.0 Å². The second-order valence-corrected chi connectivity index (χ2v) is 6.88. The third-order valence-corrected chi connectivity index (χ3v) is 3.77. The molecule has 2 N–H and O–H groups in total. The summed E-state index contributed by atoms with van der Waals surface area (Å²) >= 11 is 0. The summed E-state index contributed by atoms with van der Waals surface area (Å²) in [6.07, 6.45) is 1.34. The fourth-order valence-corrected chi connectivity index (χ4v) is 2.50. The first-order valence-corrected chi connectivity index (χ1v) is 7.38. The van der Waals surface area contributed by atoms with Crippen molar-refractivity contribution in [3.05, 3.63) is 0 Å². The molecule has 2 unspecified atom stereocenters. The van der Waals surface area contributed by atoms with Gasteiger partial charge in [-0.3, -0.25) is 14.4 Å². The van der Waals surface area contributed by atoms with Gasteiger partial charge >= 0.3 is 5.97 Å². The van der Waals surface area contributed by atoms with Crippen LogP contribution in [0.2, 0.25) is 0 Å². The molecule has 0 aliphatic carbocycles. The van der Waals surface area contributed by atoms with Crippen LogP contribution in [0.5, 0.6) is 0 Å². The second-order valence-electron chi connectivity index (χ2n) is 6.88. The van der Waals surface area contributed by atoms with Gasteiger partial charge in [-0.1, -0.05) is 20.8 Å². The zero-order valence-electron chi connectivity index (χ0n) is 13.3. The molecule has 0 aromatic carbocycles. The zero-order valence-corrected chi connectivity index (χ0v) is 13.3. The maximum absolute atomic E-state index is 12.1. The van der Waals surface area contributed by atoms with Crippen LogP contribution in [0.3, 0.4) is 0 Å². The molecule has 1 saturated heterocycles. The number of hydrogen-bond acceptors (Lipinski definition) is 3. The summed E-state index contributed by atoms with van der Waals surface area (Å²) in [4.78, 5) is 36.1. The highest BCUT2D eigenvalue weighted by atomic mass is 16.4. The molecule has 1 fully saturated rings. The average molecular weight is 298 g/mol. The molecule has 0 saturated carbocycles. The highest BCUT2D eigenvalue weighted by molar-refractivity contribution is 5.81. The lowest BCUT2D eigenvalue weighted by atomic mass is 9.88. The molecule has 2 amide bonds. The zero-order chi connectivity index (χ0) is 16.2. The van der Waals surface area contributed by atoms with Gasteiger partial charge in [-0.25, -0.2) is 0 Å². The molecule has 0 aromatic rings. The van der Waals surface area contributed by atoms with E-state index in [1.165, 1.54) is 6.92 Å². The Morgan fingerprint density at radius 2 is 1.86 bits per heavy atom. The minimum Gasteiger partial charge on any atom is -0.481 e. The lowest BCUT2D eigenvalue weighted by molar-refractivity contribution is -0.138. The number of nitrogens with one attached hydrogen (secondary N) is 1. The molecule has 0 aromatic heterocycles. The lowest BCUT2D eigenvalue weighted by Crippen LogP contribution is -2.53. The highest BCUT2D eigenvalue weighted by Gasteiger charge is 2.32. The number of hydrogen-bond donors (Lipinski definition) is 2. The van der Waals surface area contributed by atoms with E-state index in [4.69, 9.17) is 5.11 Å². The molecule has 0 spiro atoms. The Balaban J connectivity index is 2.68. The van der Waals surface area contributed by atoms with Gasteiger partial charge in [0.2, 0.25) is 11.8 Å². The van der Waals surface area contributed by atoms with Gasteiger partial charge in [0.25, 0.3) is 0 Å². The standard InChI is InChI=1S/C15H26N2O4/c1-10(18)17-8-11(5-6-13(19)20)7-12(9-17)16-14(21)15(2,3)4/h11-12H,5-9H2,1-4H3,(H,16,21)(H,19,20). The van der Waals surface area contributed by atoms with E-state index in [2.05, 4.69) is 5.32 Å². The smallest absolute Gasteiger partial charge is 0.303 e. The summed E-state index contributed by atoms with van der Waals surface area (Å²) in [5.74, 6) is -0.797. The number of likely N-dealkylation sites (tertiary alicyclic amines) is 1. The van der Waals surface area contributed by atoms with Gasteiger partial charge in [0.05, 0.1) is 0 Å². The summed E-state index contributed by atoms with van der Waals surface area (Å²) in [6, 6.07) is -0.104. The van der Waals surface area contributed by atoms with E-state index in [0.717, 1.165) is 6.42 Å². The Morgan fingerprint density at radius 3 is 2.33 bits per heavy atom. The first-order chi connectivity index (χ1) is 9.59. The molecular weight excluding hydrogens is 272 g/mol. The van der Waals surface area contributed by atoms with Crippen molar-refractivity contribution < 1.29 is 19.5 Å². The largest absolute Gasteiger partial charge is 0.481 e. The summed E-state index contributed by atoms with van der Waals surface area (Å²) in [5.41, 5.74) is -0.477. The molecule has 21 heavy (non-hydrogen) atoms. The quantitative estimate of drug-likeness (QED) is 0.818. The van der Waals surface area contributed by atoms with Crippen molar-refractivity contribution in [2.45, 2.75) is 53.0 Å². The fraction of sp³-hybridized carbons (Fsp3) is 0.800. The molecule has 0 radical (unpaired) electrons. The van der Waals surface area contributed by atoms with Crippen molar-refractivity contribution in [2.24, 2.45) is 11.3 Å². The number of carbonyl (C=O) groups is 3. The van der Waals surface area contributed by atoms with Crippen LogP contribution in [0, 0.1) is 11.3 Å². The van der Waals surface area contributed by atoms with Crippen LogP contribution in [0.25, 0.3) is 0 Å². The number of rotatable bonds is 4. The SMILES string of the molecule is CC(=O)N1CC(CCC(=O)O)CC(NC(=O)C(C)(C)C)C1. The number of carbonyl (C=O) groups excluding carboxylic acids is 2. The van der Waals surface area contributed by atoms with Crippen molar-refractivity contribution in [3.63, 3.8) is 0 Å². The Hall–Kier alpha value is -1.59. The molecule has 120 valence electrons. The molecule has 6 heteroatoms. The van der Waals surface area contributed by atoms with Crippen LogP contribution in [0.15, 0.2) is 0 Å². The van der Waals surface area contributed by atoms with Gasteiger partial charge in [-0.2, -0.15) is 0 Å². The first-order valence-electron chi connectivity index (χ1n) is 7.38. The van der Waals surface area contributed by atoms with E-state index in [9.17, 15) is 14.4 Å². The van der Waals surface area contributed by atoms with Gasteiger partial charge in [0, 0.05) is 37.9 Å². The van der Waals surface area contributed by atoms with Crippen molar-refractivity contribution in [3.8, 4) is 0 Å². The van der Waals surface area contributed by atoms with Gasteiger partial charge in [0.1, 0.15) is 0 Å². The van der Waals surface area contributed by atoms with Crippen LogP contribution >= 0.6 is 0 Å². The summed E-state index contributed by atoms with van der Waals surface area (Å²) in [5, 5.41) is 11.8. The predicted octanol–water partition coefficient (Wildman–Crippen LogP) is 1.25. The molecule has 1 heterocycles. The molecule has 2 atom stereocenters. The summed E-state index contributed by atoms with van der Waals surface area (Å²) < 4.78 is 0. The third kappa shape index (κ3) is 5.73. The number of carboxylic acids is 1. The predicted molar refractivity (Wildman–Crippen MR) is 78.6 cm³/mol. The lowest BCUT2D eigenvalue weighted by Gasteiger charge is -2.38. The fourth-order valence-electron chi connectivity index (χ4n) is 2.50. The molecule has 0 bridgehead atoms. The summed E-state index contributed by atoms with van der Waals surface area (Å²) in [6.45, 7) is 8.11. The average Bonchev–Trinajstić information content (AvgIpc) is 2.34. The van der Waals surface area contributed by atoms with Crippen molar-refractivity contribution in [1.82, 2.24) is 10.2 Å². The number of nitrogens with zero attached hydrogens (tertiary/aromatic N) is 1. The van der Waals surface area contributed by atoms with E-state index in [1.54, 1.807) is 4.90 Å². The maximum Gasteiger partial charge on any atom is 0.303 e. The molecule has 1 aliphatic rings. The normalized spacial score (nSPS) is 22.8. The van der Waals surface area contributed by atoms with E-state index < -0.39 is 11.4 Å². The van der Waals surface area contributed by atoms with Crippen LogP contribution in [0.4, 0.5) is 0 Å². The molecule has 6 nitrogen and oxygen atoms in total. The topological polar surface area (TPSA) is 86.7 Å². The molecule has 1 aliphatic heterocycles. The van der Waals surface area contributed by atoms with Crippen molar-refractivity contribution in [1.29, 1.82) is 0 Å². The Bertz CT molecular complexity index is 414. The van der Waals surface area contributed by atoms with Gasteiger partial charge < -0.3 is 15.3 Å². The molecule has 1 rings (SSSR count). The van der Waals surface area contributed by atoms with Gasteiger partial charge in [-0.15, -0.1) is 0 Å². The Labute approximate surface area is 125 Å². The van der Waals surface area contributed by atoms with Gasteiger partial charge in [0.15, 0.2) is 0 Å². The molecular formula is C15H26N2O4. The monoisotopic (exact) mass is 298 g/mol. The Morgan fingerprint density at radius 1 is 1.24 bits per heavy atom. The minimum atomic E-state index is -0.828. The number of piperidine rings is 1. The highest BCUT2D eigenvalue weighted by Crippen LogP contribution is 2.23. The third-order valence-electron chi connectivity index (χ3n) is 3.77. The number of amides is 2. The Kier molecular flexibility index (Phi) is 5.75. The minimum absolute atomic E-state index is 0.0370. The van der Waals surface area contributed by atoms with Crippen molar-refractivity contribution in [2.75, 3.05) is 13.1 Å². The van der Waals surface area contributed by atoms with E-state index >= 15 is 0 Å². The van der Waals surface area contributed by atoms with Crippen LogP contribution in [-0.2, 0) is 14.4 Å². The van der Waals surface area contributed by atoms with E-state index in [1.807, 2.05) is 20.8 Å². The first kappa shape index (κ1) is 17.5. The second kappa shape index (κ2) is 6.91. The van der Waals surface area contributed by atoms with E-state index in [0.29, 0.717) is 19.5 Å². The van der Waals surface area contributed by atoms with Gasteiger partial charge in [-0.05, 0) is 18.8 Å². The van der Waals surface area contributed by atoms with E-state index in [-0.39, 0.29) is 30.2 Å². The maximum atomic E-state index is 12.1. The van der Waals surface area contributed by atoms with Crippen LogP contribution in [-0.4, -0.2) is 46.9 Å². The van der Waals surface area contributed by atoms with Crippen molar-refractivity contribution >= 4 is 17.8 Å². The number of carboxylic acid groups (broad SMARTS) is 1.